The zero-order valence-corrected chi connectivity index (χ0v) is 21.9. The number of aromatic nitrogens is 2. The smallest absolute Gasteiger partial charge is 0.318 e. The number of anilines is 1. The minimum Gasteiger partial charge on any atom is -0.481 e. The molecule has 4 heterocycles. The molecule has 10 nitrogen and oxygen atoms in total. The van der Waals surface area contributed by atoms with E-state index in [0.717, 1.165) is 32.7 Å². The highest BCUT2D eigenvalue weighted by Crippen LogP contribution is 2.46. The molecule has 3 unspecified atom stereocenters. The normalized spacial score (nSPS) is 25.4. The number of allylic oxidation sites excluding steroid dienone is 1. The molecule has 37 heavy (non-hydrogen) atoms. The molecule has 0 saturated carbocycles. The minimum absolute atomic E-state index is 0.360. The van der Waals surface area contributed by atoms with Crippen LogP contribution in [0.5, 0.6) is 0 Å². The maximum absolute atomic E-state index is 13.1. The summed E-state index contributed by atoms with van der Waals surface area (Å²) in [5, 5.41) is 19.6. The Balaban J connectivity index is 1.72. The summed E-state index contributed by atoms with van der Waals surface area (Å²) in [5.41, 5.74) is 5.28. The van der Waals surface area contributed by atoms with E-state index in [1.165, 1.54) is 0 Å². The lowest BCUT2D eigenvalue weighted by molar-refractivity contribution is -0.155. The second-order valence-corrected chi connectivity index (χ2v) is 10.5. The summed E-state index contributed by atoms with van der Waals surface area (Å²) in [4.78, 5) is 40.4. The number of amides is 2. The first-order chi connectivity index (χ1) is 17.8. The number of aliphatic imine (C=N–C) groups is 1. The Hall–Kier alpha value is -3.70. The van der Waals surface area contributed by atoms with Crippen LogP contribution in [-0.4, -0.2) is 58.7 Å². The quantitative estimate of drug-likeness (QED) is 0.336. The lowest BCUT2D eigenvalue weighted by Crippen LogP contribution is -2.71. The molecular formula is C26H31N7O3S. The molecule has 1 aromatic carbocycles. The van der Waals surface area contributed by atoms with Crippen LogP contribution < -0.4 is 20.9 Å². The van der Waals surface area contributed by atoms with E-state index < -0.39 is 29.1 Å². The minimum atomic E-state index is -1.40. The van der Waals surface area contributed by atoms with E-state index in [1.54, 1.807) is 30.6 Å². The number of aromatic amines is 1. The van der Waals surface area contributed by atoms with Gasteiger partial charge < -0.3 is 25.6 Å². The van der Waals surface area contributed by atoms with Gasteiger partial charge >= 0.3 is 12.0 Å². The largest absolute Gasteiger partial charge is 0.481 e. The zero-order chi connectivity index (χ0) is 26.2. The van der Waals surface area contributed by atoms with Crippen LogP contribution in [0.1, 0.15) is 25.8 Å². The number of nitrogens with one attached hydrogen (secondary N) is 4. The van der Waals surface area contributed by atoms with Crippen LogP contribution in [0.2, 0.25) is 0 Å². The van der Waals surface area contributed by atoms with Gasteiger partial charge in [0.15, 0.2) is 0 Å². The molecule has 194 valence electrons. The second-order valence-electron chi connectivity index (χ2n) is 9.66. The summed E-state index contributed by atoms with van der Waals surface area (Å²) < 4.78 is 1.04. The molecule has 5 rings (SSSR count). The molecule has 2 aliphatic rings. The molecule has 3 atom stereocenters. The Morgan fingerprint density at radius 1 is 1.35 bits per heavy atom. The van der Waals surface area contributed by atoms with Crippen LogP contribution in [0.25, 0.3) is 21.5 Å². The average molecular weight is 522 g/mol. The fourth-order valence-corrected chi connectivity index (χ4v) is 6.19. The number of carboxylic acid groups (broad SMARTS) is 1. The van der Waals surface area contributed by atoms with E-state index in [-0.39, 0.29) is 0 Å². The van der Waals surface area contributed by atoms with Crippen molar-refractivity contribution >= 4 is 45.5 Å². The highest BCUT2D eigenvalue weighted by Gasteiger charge is 2.57. The third-order valence-electron chi connectivity index (χ3n) is 7.43. The van der Waals surface area contributed by atoms with Gasteiger partial charge in [-0.15, -0.1) is 11.3 Å². The van der Waals surface area contributed by atoms with Crippen LogP contribution in [-0.2, 0) is 4.79 Å². The topological polar surface area (TPSA) is 135 Å². The molecule has 2 aliphatic heterocycles. The van der Waals surface area contributed by atoms with Gasteiger partial charge in [-0.1, -0.05) is 0 Å². The van der Waals surface area contributed by atoms with Crippen molar-refractivity contribution in [2.45, 2.75) is 33.0 Å². The zero-order valence-electron chi connectivity index (χ0n) is 21.0. The number of hydrogen-bond donors (Lipinski definition) is 5. The SMILES string of the molecule is CCNC(=O)NC1(C2CNCCC2(C)C(=O)O)N=CC=CN1c1cc(-c2[nH]ccc2C)c2scnc2c1. The van der Waals surface area contributed by atoms with Crippen molar-refractivity contribution in [3.05, 3.63) is 47.7 Å². The summed E-state index contributed by atoms with van der Waals surface area (Å²) in [6, 6.07) is 5.61. The Morgan fingerprint density at radius 3 is 2.92 bits per heavy atom. The van der Waals surface area contributed by atoms with Gasteiger partial charge in [-0.05, 0) is 63.6 Å². The lowest BCUT2D eigenvalue weighted by atomic mass is 9.68. The van der Waals surface area contributed by atoms with Gasteiger partial charge in [0.25, 0.3) is 0 Å². The summed E-state index contributed by atoms with van der Waals surface area (Å²) in [6.07, 6.45) is 7.56. The molecule has 2 amide bonds. The van der Waals surface area contributed by atoms with Crippen molar-refractivity contribution < 1.29 is 14.7 Å². The van der Waals surface area contributed by atoms with E-state index >= 15 is 0 Å². The van der Waals surface area contributed by atoms with Crippen LogP contribution >= 0.6 is 11.3 Å². The maximum atomic E-state index is 13.1. The predicted octanol–water partition coefficient (Wildman–Crippen LogP) is 3.68. The number of urea groups is 1. The van der Waals surface area contributed by atoms with Gasteiger partial charge in [-0.3, -0.25) is 10.1 Å². The Morgan fingerprint density at radius 2 is 2.19 bits per heavy atom. The van der Waals surface area contributed by atoms with Gasteiger partial charge in [-0.25, -0.2) is 14.8 Å². The van der Waals surface area contributed by atoms with Gasteiger partial charge in [0.1, 0.15) is 0 Å². The fraction of sp³-hybridized carbons (Fsp3) is 0.385. The lowest BCUT2D eigenvalue weighted by Gasteiger charge is -2.52. The molecule has 3 aromatic rings. The Kier molecular flexibility index (Phi) is 6.50. The summed E-state index contributed by atoms with van der Waals surface area (Å²) >= 11 is 1.56. The molecule has 1 saturated heterocycles. The monoisotopic (exact) mass is 521 g/mol. The Labute approximate surface area is 218 Å². The third-order valence-corrected chi connectivity index (χ3v) is 8.30. The first-order valence-electron chi connectivity index (χ1n) is 12.3. The number of piperidine rings is 1. The first kappa shape index (κ1) is 25.0. The third kappa shape index (κ3) is 4.17. The van der Waals surface area contributed by atoms with Crippen molar-refractivity contribution in [3.63, 3.8) is 0 Å². The van der Waals surface area contributed by atoms with Crippen LogP contribution in [0.15, 0.2) is 47.2 Å². The fourth-order valence-electron chi connectivity index (χ4n) is 5.40. The number of carboxylic acids is 1. The number of hydrogen-bond acceptors (Lipinski definition) is 7. The van der Waals surface area contributed by atoms with Crippen molar-refractivity contribution in [2.24, 2.45) is 16.3 Å². The first-order valence-corrected chi connectivity index (χ1v) is 13.2. The Bertz CT molecular complexity index is 1400. The molecule has 0 spiro atoms. The summed E-state index contributed by atoms with van der Waals surface area (Å²) in [6.45, 7) is 6.96. The molecule has 5 N–H and O–H groups in total. The number of carbonyl (C=O) groups excluding carboxylic acids is 1. The molecule has 0 bridgehead atoms. The van der Waals surface area contributed by atoms with E-state index in [9.17, 15) is 14.7 Å². The molecule has 0 radical (unpaired) electrons. The number of fused-ring (bicyclic) bond motifs is 1. The summed E-state index contributed by atoms with van der Waals surface area (Å²) in [7, 11) is 0. The highest BCUT2D eigenvalue weighted by atomic mass is 32.1. The second kappa shape index (κ2) is 9.64. The van der Waals surface area contributed by atoms with Gasteiger partial charge in [-0.2, -0.15) is 0 Å². The predicted molar refractivity (Wildman–Crippen MR) is 146 cm³/mol. The van der Waals surface area contributed by atoms with Crippen molar-refractivity contribution in [1.29, 1.82) is 0 Å². The van der Waals surface area contributed by atoms with E-state index in [0.29, 0.717) is 26.1 Å². The highest BCUT2D eigenvalue weighted by molar-refractivity contribution is 7.17. The van der Waals surface area contributed by atoms with Crippen molar-refractivity contribution in [3.8, 4) is 11.3 Å². The molecular weight excluding hydrogens is 490 g/mol. The number of nitrogens with zero attached hydrogens (tertiary/aromatic N) is 3. The number of rotatable bonds is 6. The van der Waals surface area contributed by atoms with Crippen LogP contribution in [0.4, 0.5) is 10.5 Å². The van der Waals surface area contributed by atoms with Gasteiger partial charge in [0.2, 0.25) is 5.79 Å². The maximum Gasteiger partial charge on any atom is 0.318 e. The number of carbonyl (C=O) groups is 2. The van der Waals surface area contributed by atoms with Crippen LogP contribution in [0, 0.1) is 18.3 Å². The van der Waals surface area contributed by atoms with Crippen LogP contribution in [0.3, 0.4) is 0 Å². The number of aryl methyl sites for hydroxylation is 1. The van der Waals surface area contributed by atoms with Gasteiger partial charge in [0, 0.05) is 48.6 Å². The molecule has 2 aromatic heterocycles. The van der Waals surface area contributed by atoms with E-state index in [1.807, 2.05) is 54.9 Å². The van der Waals surface area contributed by atoms with E-state index in [4.69, 9.17) is 4.99 Å². The summed E-state index contributed by atoms with van der Waals surface area (Å²) in [5.74, 6) is -2.92. The number of thiazole rings is 1. The molecule has 1 fully saturated rings. The van der Waals surface area contributed by atoms with Crippen molar-refractivity contribution in [1.82, 2.24) is 25.9 Å². The van der Waals surface area contributed by atoms with Gasteiger partial charge in [0.05, 0.1) is 27.1 Å². The van der Waals surface area contributed by atoms with Crippen molar-refractivity contribution in [2.75, 3.05) is 24.5 Å². The standard InChI is InChI=1S/C26H31N7O3S/c1-4-28-24(36)32-26(20-14-27-10-7-25(20,3)23(34)35)31-8-5-11-33(26)17-12-18(21-16(2)6-9-29-21)22-19(13-17)30-15-37-22/h5-6,8-9,11-13,15,20,27,29H,4,7,10,14H2,1-3H3,(H,34,35)(H2,28,32,36). The van der Waals surface area contributed by atoms with E-state index in [2.05, 4.69) is 25.9 Å². The average Bonchev–Trinajstić information content (AvgIpc) is 3.53. The number of H-pyrrole nitrogens is 1. The molecule has 0 aliphatic carbocycles. The molecule has 11 heteroatoms. The number of benzene rings is 1. The number of aliphatic carboxylic acids is 1.